The Morgan fingerprint density at radius 3 is 2.68 bits per heavy atom. The van der Waals surface area contributed by atoms with E-state index in [2.05, 4.69) is 0 Å². The van der Waals surface area contributed by atoms with E-state index in [1.54, 1.807) is 19.1 Å². The van der Waals surface area contributed by atoms with Gasteiger partial charge in [-0.25, -0.2) is 4.79 Å². The number of nitro groups is 1. The smallest absolute Gasteiger partial charge is 0.330 e. The number of allylic oxidation sites excluding steroid dienone is 1. The first-order valence-electron chi connectivity index (χ1n) is 7.25. The summed E-state index contributed by atoms with van der Waals surface area (Å²) in [5.41, 5.74) is 1.98. The maximum Gasteiger partial charge on any atom is 0.330 e. The van der Waals surface area contributed by atoms with Crippen molar-refractivity contribution in [1.82, 2.24) is 0 Å². The molecule has 1 heterocycles. The van der Waals surface area contributed by atoms with Gasteiger partial charge >= 0.3 is 5.97 Å². The predicted molar refractivity (Wildman–Crippen MR) is 80.3 cm³/mol. The lowest BCUT2D eigenvalue weighted by molar-refractivity contribution is -0.384. The van der Waals surface area contributed by atoms with Gasteiger partial charge in [-0.15, -0.1) is 0 Å². The van der Waals surface area contributed by atoms with Crippen molar-refractivity contribution in [3.63, 3.8) is 0 Å². The van der Waals surface area contributed by atoms with Crippen LogP contribution in [0.1, 0.15) is 38.4 Å². The van der Waals surface area contributed by atoms with Gasteiger partial charge in [0.15, 0.2) is 0 Å². The highest BCUT2D eigenvalue weighted by Crippen LogP contribution is 2.42. The third kappa shape index (κ3) is 4.39. The van der Waals surface area contributed by atoms with Crippen LogP contribution in [-0.4, -0.2) is 23.6 Å². The Kier molecular flexibility index (Phi) is 5.27. The third-order valence-electron chi connectivity index (χ3n) is 3.49. The number of benzene rings is 1. The molecule has 1 aliphatic rings. The molecule has 118 valence electrons. The zero-order chi connectivity index (χ0) is 16.1. The van der Waals surface area contributed by atoms with Crippen LogP contribution in [0.15, 0.2) is 35.9 Å². The fraction of sp³-hybridized carbons (Fsp3) is 0.438. The minimum atomic E-state index is -0.418. The van der Waals surface area contributed by atoms with Crippen LogP contribution in [0.3, 0.4) is 0 Å². The van der Waals surface area contributed by atoms with Gasteiger partial charge < -0.3 is 9.47 Å². The van der Waals surface area contributed by atoms with E-state index in [-0.39, 0.29) is 23.9 Å². The number of rotatable bonds is 7. The molecule has 2 rings (SSSR count). The quantitative estimate of drug-likeness (QED) is 0.254. The van der Waals surface area contributed by atoms with Crippen LogP contribution in [-0.2, 0) is 14.3 Å². The molecule has 2 atom stereocenters. The van der Waals surface area contributed by atoms with Crippen molar-refractivity contribution < 1.29 is 19.2 Å². The molecule has 1 fully saturated rings. The summed E-state index contributed by atoms with van der Waals surface area (Å²) in [5.74, 6) is -0.316. The van der Waals surface area contributed by atoms with Crippen LogP contribution >= 0.6 is 0 Å². The highest BCUT2D eigenvalue weighted by molar-refractivity contribution is 5.82. The highest BCUT2D eigenvalue weighted by atomic mass is 16.6. The predicted octanol–water partition coefficient (Wildman–Crippen LogP) is 3.32. The highest BCUT2D eigenvalue weighted by Gasteiger charge is 2.39. The molecular formula is C16H19NO5. The molecule has 0 aromatic heterocycles. The molecule has 1 aromatic carbocycles. The lowest BCUT2D eigenvalue weighted by Gasteiger charge is -2.00. The van der Waals surface area contributed by atoms with Gasteiger partial charge in [-0.3, -0.25) is 10.1 Å². The Bertz CT molecular complexity index is 579. The van der Waals surface area contributed by atoms with Crippen molar-refractivity contribution >= 4 is 11.7 Å². The molecule has 0 radical (unpaired) electrons. The standard InChI is InChI=1S/C16H19NO5/c1-3-21-15(18)10-11(2)4-9-14-16(22-14)12-5-7-13(8-6-12)17(19)20/h5-8,10,14,16H,3-4,9H2,1-2H3/b11-10+. The Labute approximate surface area is 128 Å². The summed E-state index contributed by atoms with van der Waals surface area (Å²) in [6, 6.07) is 6.42. The van der Waals surface area contributed by atoms with Crippen molar-refractivity contribution in [1.29, 1.82) is 0 Å². The monoisotopic (exact) mass is 305 g/mol. The van der Waals surface area contributed by atoms with E-state index in [0.29, 0.717) is 6.61 Å². The molecule has 1 aromatic rings. The molecule has 0 bridgehead atoms. The van der Waals surface area contributed by atoms with Crippen molar-refractivity contribution in [3.05, 3.63) is 51.6 Å². The Hall–Kier alpha value is -2.21. The number of epoxide rings is 1. The molecule has 6 heteroatoms. The van der Waals surface area contributed by atoms with Gasteiger partial charge in [0, 0.05) is 18.2 Å². The molecule has 0 aliphatic carbocycles. The molecule has 1 saturated heterocycles. The molecule has 0 spiro atoms. The molecule has 22 heavy (non-hydrogen) atoms. The fourth-order valence-electron chi connectivity index (χ4n) is 2.27. The number of non-ortho nitro benzene ring substituents is 1. The fourth-order valence-corrected chi connectivity index (χ4v) is 2.27. The van der Waals surface area contributed by atoms with Crippen molar-refractivity contribution in [3.8, 4) is 0 Å². The van der Waals surface area contributed by atoms with Gasteiger partial charge in [-0.1, -0.05) is 5.57 Å². The molecule has 2 unspecified atom stereocenters. The maximum atomic E-state index is 11.3. The van der Waals surface area contributed by atoms with E-state index >= 15 is 0 Å². The first kappa shape index (κ1) is 16.2. The van der Waals surface area contributed by atoms with Crippen LogP contribution in [0.5, 0.6) is 0 Å². The van der Waals surface area contributed by atoms with Crippen molar-refractivity contribution in [2.45, 2.75) is 38.9 Å². The molecule has 0 saturated carbocycles. The summed E-state index contributed by atoms with van der Waals surface area (Å²) >= 11 is 0. The van der Waals surface area contributed by atoms with Gasteiger partial charge in [0.1, 0.15) is 6.10 Å². The SMILES string of the molecule is CCOC(=O)/C=C(\C)CCC1OC1c1ccc([N+](=O)[O-])cc1. The van der Waals surface area contributed by atoms with Crippen LogP contribution in [0.2, 0.25) is 0 Å². The summed E-state index contributed by atoms with van der Waals surface area (Å²) in [5, 5.41) is 10.6. The van der Waals surface area contributed by atoms with E-state index < -0.39 is 4.92 Å². The largest absolute Gasteiger partial charge is 0.463 e. The Morgan fingerprint density at radius 2 is 2.09 bits per heavy atom. The van der Waals surface area contributed by atoms with E-state index in [4.69, 9.17) is 9.47 Å². The number of nitro benzene ring substituents is 1. The normalized spacial score (nSPS) is 20.5. The van der Waals surface area contributed by atoms with Crippen LogP contribution in [0, 0.1) is 10.1 Å². The van der Waals surface area contributed by atoms with Gasteiger partial charge in [0.25, 0.3) is 5.69 Å². The molecule has 6 nitrogen and oxygen atoms in total. The summed E-state index contributed by atoms with van der Waals surface area (Å²) in [7, 11) is 0. The number of carbonyl (C=O) groups is 1. The van der Waals surface area contributed by atoms with Crippen LogP contribution in [0.25, 0.3) is 0 Å². The number of carbonyl (C=O) groups excluding carboxylic acids is 1. The molecule has 0 N–H and O–H groups in total. The van der Waals surface area contributed by atoms with Gasteiger partial charge in [-0.2, -0.15) is 0 Å². The maximum absolute atomic E-state index is 11.3. The average Bonchev–Trinajstić information content (AvgIpc) is 3.25. The number of hydrogen-bond donors (Lipinski definition) is 0. The Balaban J connectivity index is 1.80. The second-order valence-electron chi connectivity index (χ2n) is 5.23. The average molecular weight is 305 g/mol. The van der Waals surface area contributed by atoms with E-state index in [0.717, 1.165) is 24.0 Å². The number of ether oxygens (including phenoxy) is 2. The second kappa shape index (κ2) is 7.17. The summed E-state index contributed by atoms with van der Waals surface area (Å²) in [6.07, 6.45) is 3.17. The van der Waals surface area contributed by atoms with Gasteiger partial charge in [0.2, 0.25) is 0 Å². The molecule has 1 aliphatic heterocycles. The Morgan fingerprint density at radius 1 is 1.41 bits per heavy atom. The van der Waals surface area contributed by atoms with Crippen LogP contribution in [0.4, 0.5) is 5.69 Å². The minimum absolute atomic E-state index is 0.00352. The third-order valence-corrected chi connectivity index (χ3v) is 3.49. The van der Waals surface area contributed by atoms with Crippen molar-refractivity contribution in [2.24, 2.45) is 0 Å². The molecular weight excluding hydrogens is 286 g/mol. The number of nitrogens with zero attached hydrogens (tertiary/aromatic N) is 1. The topological polar surface area (TPSA) is 82.0 Å². The number of esters is 1. The van der Waals surface area contributed by atoms with E-state index in [1.165, 1.54) is 18.2 Å². The van der Waals surface area contributed by atoms with E-state index in [9.17, 15) is 14.9 Å². The number of hydrogen-bond acceptors (Lipinski definition) is 5. The van der Waals surface area contributed by atoms with Gasteiger partial charge in [0.05, 0.1) is 17.6 Å². The second-order valence-corrected chi connectivity index (χ2v) is 5.23. The molecule has 0 amide bonds. The van der Waals surface area contributed by atoms with Crippen molar-refractivity contribution in [2.75, 3.05) is 6.61 Å². The zero-order valence-corrected chi connectivity index (χ0v) is 12.7. The summed E-state index contributed by atoms with van der Waals surface area (Å²) in [6.45, 7) is 4.03. The van der Waals surface area contributed by atoms with E-state index in [1.807, 2.05) is 6.92 Å². The van der Waals surface area contributed by atoms with Crippen LogP contribution < -0.4 is 0 Å². The first-order valence-corrected chi connectivity index (χ1v) is 7.25. The zero-order valence-electron chi connectivity index (χ0n) is 12.7. The lowest BCUT2D eigenvalue weighted by atomic mass is 10.0. The lowest BCUT2D eigenvalue weighted by Crippen LogP contribution is -2.01. The summed E-state index contributed by atoms with van der Waals surface area (Å²) in [4.78, 5) is 21.5. The summed E-state index contributed by atoms with van der Waals surface area (Å²) < 4.78 is 10.4. The minimum Gasteiger partial charge on any atom is -0.463 e. The first-order chi connectivity index (χ1) is 10.5. The van der Waals surface area contributed by atoms with Gasteiger partial charge in [-0.05, 0) is 44.4 Å².